The molecule has 9 heteroatoms. The Morgan fingerprint density at radius 1 is 1.00 bits per heavy atom. The molecule has 1 aromatic heterocycles. The van der Waals surface area contributed by atoms with E-state index in [-0.39, 0.29) is 23.3 Å². The van der Waals surface area contributed by atoms with E-state index in [1.54, 1.807) is 6.07 Å². The van der Waals surface area contributed by atoms with E-state index in [0.717, 1.165) is 17.7 Å². The van der Waals surface area contributed by atoms with Gasteiger partial charge in [-0.1, -0.05) is 6.07 Å². The fraction of sp³-hybridized carbons (Fsp3) is 0.278. The van der Waals surface area contributed by atoms with Crippen LogP contribution in [0.25, 0.3) is 11.0 Å². The van der Waals surface area contributed by atoms with Crippen LogP contribution in [0.15, 0.2) is 46.1 Å². The molecule has 0 radical (unpaired) electrons. The highest BCUT2D eigenvalue weighted by Crippen LogP contribution is 2.38. The first-order valence-electron chi connectivity index (χ1n) is 8.62. The van der Waals surface area contributed by atoms with E-state index in [1.807, 2.05) is 18.2 Å². The Hall–Kier alpha value is -2.78. The number of nitrogens with zero attached hydrogens (tertiary/aromatic N) is 1. The number of ether oxygens (including phenoxy) is 2. The topological polar surface area (TPSA) is 104 Å². The largest absolute Gasteiger partial charge is 0.454 e. The number of H-pyrrole nitrogens is 2. The molecule has 2 N–H and O–H groups in total. The van der Waals surface area contributed by atoms with Crippen molar-refractivity contribution in [3.05, 3.63) is 52.4 Å². The van der Waals surface area contributed by atoms with E-state index in [9.17, 15) is 13.2 Å². The molecule has 1 saturated heterocycles. The number of hydrogen-bond acceptors (Lipinski definition) is 5. The van der Waals surface area contributed by atoms with Crippen molar-refractivity contribution < 1.29 is 17.9 Å². The molecule has 2 aliphatic rings. The van der Waals surface area contributed by atoms with Crippen molar-refractivity contribution in [1.29, 1.82) is 0 Å². The molecule has 0 spiro atoms. The number of rotatable bonds is 3. The highest BCUT2D eigenvalue weighted by atomic mass is 32.2. The van der Waals surface area contributed by atoms with Gasteiger partial charge in [-0.25, -0.2) is 13.2 Å². The van der Waals surface area contributed by atoms with Gasteiger partial charge in [0.25, 0.3) is 0 Å². The first kappa shape index (κ1) is 16.4. The normalized spacial score (nSPS) is 19.8. The minimum absolute atomic E-state index is 0.102. The number of aromatic amines is 2. The number of benzene rings is 2. The fourth-order valence-corrected chi connectivity index (χ4v) is 5.23. The monoisotopic (exact) mass is 387 g/mol. The van der Waals surface area contributed by atoms with Gasteiger partial charge in [0.05, 0.1) is 15.9 Å². The summed E-state index contributed by atoms with van der Waals surface area (Å²) in [7, 11) is -3.63. The Balaban J connectivity index is 1.41. The van der Waals surface area contributed by atoms with Crippen LogP contribution in [0.5, 0.6) is 11.5 Å². The summed E-state index contributed by atoms with van der Waals surface area (Å²) in [5, 5.41) is 0. The van der Waals surface area contributed by atoms with E-state index >= 15 is 0 Å². The molecule has 2 aliphatic heterocycles. The van der Waals surface area contributed by atoms with Crippen LogP contribution in [-0.2, 0) is 10.0 Å². The summed E-state index contributed by atoms with van der Waals surface area (Å²) in [5.41, 5.74) is 1.75. The quantitative estimate of drug-likeness (QED) is 0.713. The number of aromatic nitrogens is 2. The molecule has 3 aromatic rings. The van der Waals surface area contributed by atoms with E-state index < -0.39 is 10.0 Å². The maximum absolute atomic E-state index is 13.0. The van der Waals surface area contributed by atoms with Crippen molar-refractivity contribution in [2.75, 3.05) is 19.9 Å². The standard InChI is InChI=1S/C18H17N3O5S/c22-18-19-14-3-2-13(8-15(14)20-18)27(23,24)21-6-5-12(9-21)11-1-4-16-17(7-11)26-10-25-16/h1-4,7-8,12H,5-6,9-10H2,(H2,19,20,22). The molecule has 27 heavy (non-hydrogen) atoms. The second kappa shape index (κ2) is 5.86. The van der Waals surface area contributed by atoms with E-state index in [2.05, 4.69) is 9.97 Å². The van der Waals surface area contributed by atoms with E-state index in [0.29, 0.717) is 29.9 Å². The summed E-state index contributed by atoms with van der Waals surface area (Å²) in [6.45, 7) is 1.07. The van der Waals surface area contributed by atoms with Crippen molar-refractivity contribution >= 4 is 21.1 Å². The van der Waals surface area contributed by atoms with Gasteiger partial charge in [0.2, 0.25) is 16.8 Å². The zero-order valence-corrected chi connectivity index (χ0v) is 15.1. The second-order valence-electron chi connectivity index (χ2n) is 6.75. The van der Waals surface area contributed by atoms with Gasteiger partial charge in [-0.3, -0.25) is 0 Å². The number of nitrogens with one attached hydrogen (secondary N) is 2. The smallest absolute Gasteiger partial charge is 0.323 e. The molecule has 0 bridgehead atoms. The molecule has 0 saturated carbocycles. The molecular weight excluding hydrogens is 370 g/mol. The van der Waals surface area contributed by atoms with Gasteiger partial charge in [-0.15, -0.1) is 0 Å². The maximum atomic E-state index is 13.0. The Labute approximate surface area is 154 Å². The van der Waals surface area contributed by atoms with Gasteiger partial charge in [-0.05, 0) is 48.2 Å². The maximum Gasteiger partial charge on any atom is 0.323 e. The first-order chi connectivity index (χ1) is 13.0. The van der Waals surface area contributed by atoms with Crippen LogP contribution < -0.4 is 15.2 Å². The van der Waals surface area contributed by atoms with E-state index in [4.69, 9.17) is 9.47 Å². The van der Waals surface area contributed by atoms with Crippen molar-refractivity contribution in [2.24, 2.45) is 0 Å². The van der Waals surface area contributed by atoms with Crippen molar-refractivity contribution in [3.63, 3.8) is 0 Å². The highest BCUT2D eigenvalue weighted by molar-refractivity contribution is 7.89. The lowest BCUT2D eigenvalue weighted by Gasteiger charge is -2.17. The zero-order chi connectivity index (χ0) is 18.6. The molecule has 0 aliphatic carbocycles. The molecule has 8 nitrogen and oxygen atoms in total. The van der Waals surface area contributed by atoms with Gasteiger partial charge >= 0.3 is 5.69 Å². The lowest BCUT2D eigenvalue weighted by atomic mass is 9.98. The fourth-order valence-electron chi connectivity index (χ4n) is 3.71. The molecule has 1 atom stereocenters. The van der Waals surface area contributed by atoms with Crippen molar-refractivity contribution in [2.45, 2.75) is 17.2 Å². The summed E-state index contributed by atoms with van der Waals surface area (Å²) in [6, 6.07) is 10.4. The van der Waals surface area contributed by atoms with Gasteiger partial charge in [0.1, 0.15) is 0 Å². The van der Waals surface area contributed by atoms with Gasteiger partial charge in [-0.2, -0.15) is 4.31 Å². The third-order valence-electron chi connectivity index (χ3n) is 5.14. The molecular formula is C18H17N3O5S. The highest BCUT2D eigenvalue weighted by Gasteiger charge is 2.34. The van der Waals surface area contributed by atoms with Crippen molar-refractivity contribution in [3.8, 4) is 11.5 Å². The average molecular weight is 387 g/mol. The third-order valence-corrected chi connectivity index (χ3v) is 7.01. The molecule has 3 heterocycles. The minimum Gasteiger partial charge on any atom is -0.454 e. The van der Waals surface area contributed by atoms with Gasteiger partial charge < -0.3 is 19.4 Å². The number of sulfonamides is 1. The SMILES string of the molecule is O=c1[nH]c2ccc(S(=O)(=O)N3CCC(c4ccc5c(c4)OCO5)C3)cc2[nH]1. The summed E-state index contributed by atoms with van der Waals surface area (Å²) >= 11 is 0. The van der Waals surface area contributed by atoms with Crippen LogP contribution in [0, 0.1) is 0 Å². The Kier molecular flexibility index (Phi) is 3.56. The molecule has 2 aromatic carbocycles. The van der Waals surface area contributed by atoms with Crippen LogP contribution in [-0.4, -0.2) is 42.6 Å². The molecule has 140 valence electrons. The summed E-state index contributed by atoms with van der Waals surface area (Å²) < 4.78 is 38.3. The second-order valence-corrected chi connectivity index (χ2v) is 8.69. The number of imidazole rings is 1. The van der Waals surface area contributed by atoms with Gasteiger partial charge in [0, 0.05) is 13.1 Å². The van der Waals surface area contributed by atoms with Crippen LogP contribution >= 0.6 is 0 Å². The predicted octanol–water partition coefficient (Wildman–Crippen LogP) is 1.76. The predicted molar refractivity (Wildman–Crippen MR) is 97.6 cm³/mol. The Bertz CT molecular complexity index is 1200. The lowest BCUT2D eigenvalue weighted by molar-refractivity contribution is 0.174. The average Bonchev–Trinajstić information content (AvgIpc) is 3.38. The van der Waals surface area contributed by atoms with Crippen LogP contribution in [0.1, 0.15) is 17.9 Å². The third kappa shape index (κ3) is 2.70. The molecule has 1 unspecified atom stereocenters. The molecule has 0 amide bonds. The van der Waals surface area contributed by atoms with Gasteiger partial charge in [0.15, 0.2) is 11.5 Å². The summed E-state index contributed by atoms with van der Waals surface area (Å²) in [5.74, 6) is 1.52. The first-order valence-corrected chi connectivity index (χ1v) is 10.1. The van der Waals surface area contributed by atoms with Crippen LogP contribution in [0.4, 0.5) is 0 Å². The van der Waals surface area contributed by atoms with Crippen molar-refractivity contribution in [1.82, 2.24) is 14.3 Å². The Morgan fingerprint density at radius 3 is 2.70 bits per heavy atom. The zero-order valence-electron chi connectivity index (χ0n) is 14.3. The van der Waals surface area contributed by atoms with Crippen LogP contribution in [0.2, 0.25) is 0 Å². The summed E-state index contributed by atoms with van der Waals surface area (Å²) in [6.07, 6.45) is 0.738. The molecule has 1 fully saturated rings. The molecule has 5 rings (SSSR count). The van der Waals surface area contributed by atoms with E-state index in [1.165, 1.54) is 16.4 Å². The Morgan fingerprint density at radius 2 is 1.81 bits per heavy atom. The summed E-state index contributed by atoms with van der Waals surface area (Å²) in [4.78, 5) is 16.8. The number of fused-ring (bicyclic) bond motifs is 2. The number of hydrogen-bond donors (Lipinski definition) is 2. The lowest BCUT2D eigenvalue weighted by Crippen LogP contribution is -2.28. The minimum atomic E-state index is -3.63. The van der Waals surface area contributed by atoms with Crippen LogP contribution in [0.3, 0.4) is 0 Å².